The standard InChI is InChI=1S/C12H13ClN2O5S.Na/c1-8(20-9-5-3-2-4-6-9)15-11(21(17,18)19)10(13)7-14-12(15)16;/h2-8,11H,1H3,(H,14,16)(H,17,18,19);/q;+1/p-1. The number of urea groups is 1. The van der Waals surface area contributed by atoms with Gasteiger partial charge in [-0.05, 0) is 19.1 Å². The molecule has 2 unspecified atom stereocenters. The Bertz CT molecular complexity index is 667. The maximum atomic E-state index is 11.9. The zero-order valence-electron chi connectivity index (χ0n) is 11.9. The average molecular weight is 355 g/mol. The maximum absolute atomic E-state index is 11.9. The molecule has 0 saturated carbocycles. The maximum Gasteiger partial charge on any atom is 1.00 e. The molecule has 2 amide bonds. The quantitative estimate of drug-likeness (QED) is 0.518. The third-order valence-corrected chi connectivity index (χ3v) is 4.24. The summed E-state index contributed by atoms with van der Waals surface area (Å²) < 4.78 is 39.5. The van der Waals surface area contributed by atoms with Crippen molar-refractivity contribution in [3.8, 4) is 5.75 Å². The van der Waals surface area contributed by atoms with E-state index in [-0.39, 0.29) is 34.6 Å². The number of carbonyl (C=O) groups is 1. The summed E-state index contributed by atoms with van der Waals surface area (Å²) in [4.78, 5) is 12.6. The van der Waals surface area contributed by atoms with Crippen LogP contribution >= 0.6 is 11.6 Å². The van der Waals surface area contributed by atoms with Gasteiger partial charge < -0.3 is 14.6 Å². The van der Waals surface area contributed by atoms with Gasteiger partial charge in [-0.2, -0.15) is 0 Å². The molecule has 2 rings (SSSR count). The Labute approximate surface area is 155 Å². The molecule has 114 valence electrons. The molecule has 1 aromatic rings. The van der Waals surface area contributed by atoms with Crippen molar-refractivity contribution in [1.29, 1.82) is 0 Å². The molecule has 0 saturated heterocycles. The van der Waals surface area contributed by atoms with E-state index < -0.39 is 27.8 Å². The van der Waals surface area contributed by atoms with Crippen LogP contribution in [0.25, 0.3) is 0 Å². The van der Waals surface area contributed by atoms with E-state index in [4.69, 9.17) is 16.3 Å². The van der Waals surface area contributed by atoms with Gasteiger partial charge in [0.25, 0.3) is 0 Å². The van der Waals surface area contributed by atoms with Crippen LogP contribution in [0, 0.1) is 0 Å². The first-order valence-corrected chi connectivity index (χ1v) is 7.76. The van der Waals surface area contributed by atoms with Crippen LogP contribution in [0.15, 0.2) is 41.6 Å². The number of carbonyl (C=O) groups excluding carboxylic acids is 1. The summed E-state index contributed by atoms with van der Waals surface area (Å²) in [5, 5.41) is 0.149. The number of nitrogens with zero attached hydrogens (tertiary/aromatic N) is 1. The van der Waals surface area contributed by atoms with E-state index in [1.807, 2.05) is 0 Å². The number of benzene rings is 1. The molecule has 0 fully saturated rings. The number of hydrogen-bond acceptors (Lipinski definition) is 5. The predicted molar refractivity (Wildman–Crippen MR) is 74.3 cm³/mol. The van der Waals surface area contributed by atoms with Gasteiger partial charge in [-0.25, -0.2) is 13.2 Å². The monoisotopic (exact) mass is 354 g/mol. The summed E-state index contributed by atoms with van der Waals surface area (Å²) in [5.74, 6) is 0.422. The predicted octanol–water partition coefficient (Wildman–Crippen LogP) is -1.61. The first-order chi connectivity index (χ1) is 9.80. The largest absolute Gasteiger partial charge is 1.00 e. The Balaban J connectivity index is 0.00000242. The molecule has 22 heavy (non-hydrogen) atoms. The Kier molecular flexibility index (Phi) is 6.72. The van der Waals surface area contributed by atoms with Crippen molar-refractivity contribution in [2.45, 2.75) is 18.5 Å². The van der Waals surface area contributed by atoms with Crippen molar-refractivity contribution < 1.29 is 52.1 Å². The van der Waals surface area contributed by atoms with Crippen molar-refractivity contribution in [2.24, 2.45) is 0 Å². The molecule has 1 aliphatic rings. The number of amides is 2. The molecule has 1 aliphatic heterocycles. The SMILES string of the molecule is CC(Oc1ccccc1)N1C(=O)NC=C(Cl)C1S(=O)(=O)[O-].[Na+]. The van der Waals surface area contributed by atoms with E-state index in [2.05, 4.69) is 5.32 Å². The summed E-state index contributed by atoms with van der Waals surface area (Å²) in [6.07, 6.45) is -0.0287. The first kappa shape index (κ1) is 19.3. The van der Waals surface area contributed by atoms with Crippen molar-refractivity contribution >= 4 is 27.8 Å². The fourth-order valence-electron chi connectivity index (χ4n) is 1.90. The van der Waals surface area contributed by atoms with Gasteiger partial charge in [-0.15, -0.1) is 0 Å². The molecule has 1 heterocycles. The van der Waals surface area contributed by atoms with Crippen molar-refractivity contribution in [3.05, 3.63) is 41.6 Å². The second kappa shape index (κ2) is 7.67. The molecule has 10 heteroatoms. The molecule has 0 radical (unpaired) electrons. The first-order valence-electron chi connectivity index (χ1n) is 5.91. The topological polar surface area (TPSA) is 98.8 Å². The molecule has 0 aromatic heterocycles. The van der Waals surface area contributed by atoms with Gasteiger partial charge in [0.15, 0.2) is 11.6 Å². The fourth-order valence-corrected chi connectivity index (χ4v) is 3.28. The van der Waals surface area contributed by atoms with Crippen LogP contribution < -0.4 is 39.6 Å². The summed E-state index contributed by atoms with van der Waals surface area (Å²) in [6.45, 7) is 1.44. The molecule has 2 atom stereocenters. The molecule has 7 nitrogen and oxygen atoms in total. The Morgan fingerprint density at radius 1 is 1.36 bits per heavy atom. The van der Waals surface area contributed by atoms with Crippen LogP contribution in [-0.2, 0) is 10.1 Å². The normalized spacial score (nSPS) is 19.6. The van der Waals surface area contributed by atoms with Gasteiger partial charge in [0.1, 0.15) is 15.9 Å². The summed E-state index contributed by atoms with van der Waals surface area (Å²) in [6, 6.07) is 7.69. The number of nitrogens with one attached hydrogen (secondary N) is 1. The number of hydrogen-bond donors (Lipinski definition) is 1. The van der Waals surface area contributed by atoms with E-state index >= 15 is 0 Å². The second-order valence-electron chi connectivity index (χ2n) is 4.26. The van der Waals surface area contributed by atoms with Gasteiger partial charge in [0.2, 0.25) is 0 Å². The molecule has 1 aromatic carbocycles. The fraction of sp³-hybridized carbons (Fsp3) is 0.250. The van der Waals surface area contributed by atoms with Crippen LogP contribution in [0.5, 0.6) is 5.75 Å². The van der Waals surface area contributed by atoms with Crippen LogP contribution in [0.4, 0.5) is 4.79 Å². The molecular formula is C12H12ClN2NaO5S. The van der Waals surface area contributed by atoms with E-state index in [9.17, 15) is 17.8 Å². The van der Waals surface area contributed by atoms with Crippen LogP contribution in [-0.4, -0.2) is 35.5 Å². The third kappa shape index (κ3) is 4.37. The Hall–Kier alpha value is -0.770. The average Bonchev–Trinajstić information content (AvgIpc) is 2.40. The molecule has 0 bridgehead atoms. The van der Waals surface area contributed by atoms with E-state index in [0.29, 0.717) is 5.75 Å². The van der Waals surface area contributed by atoms with E-state index in [0.717, 1.165) is 11.1 Å². The summed E-state index contributed by atoms with van der Waals surface area (Å²) in [5.41, 5.74) is 0. The zero-order chi connectivity index (χ0) is 15.6. The van der Waals surface area contributed by atoms with Crippen LogP contribution in [0.1, 0.15) is 6.92 Å². The van der Waals surface area contributed by atoms with Crippen molar-refractivity contribution in [1.82, 2.24) is 10.2 Å². The number of para-hydroxylation sites is 1. The van der Waals surface area contributed by atoms with Gasteiger partial charge >= 0.3 is 35.6 Å². The van der Waals surface area contributed by atoms with Crippen LogP contribution in [0.2, 0.25) is 0 Å². The number of halogens is 1. The van der Waals surface area contributed by atoms with Gasteiger partial charge in [0.05, 0.1) is 5.03 Å². The zero-order valence-corrected chi connectivity index (χ0v) is 15.5. The summed E-state index contributed by atoms with van der Waals surface area (Å²) >= 11 is 5.74. The van der Waals surface area contributed by atoms with Crippen molar-refractivity contribution in [2.75, 3.05) is 0 Å². The second-order valence-corrected chi connectivity index (χ2v) is 6.13. The molecule has 1 N–H and O–H groups in total. The molecular weight excluding hydrogens is 343 g/mol. The van der Waals surface area contributed by atoms with E-state index in [1.54, 1.807) is 30.3 Å². The van der Waals surface area contributed by atoms with Gasteiger partial charge in [0, 0.05) is 6.20 Å². The Morgan fingerprint density at radius 3 is 2.50 bits per heavy atom. The minimum atomic E-state index is -4.86. The minimum Gasteiger partial charge on any atom is -0.746 e. The van der Waals surface area contributed by atoms with Gasteiger partial charge in [-0.1, -0.05) is 29.8 Å². The Morgan fingerprint density at radius 2 is 1.95 bits per heavy atom. The third-order valence-electron chi connectivity index (χ3n) is 2.77. The van der Waals surface area contributed by atoms with E-state index in [1.165, 1.54) is 6.92 Å². The van der Waals surface area contributed by atoms with Crippen LogP contribution in [0.3, 0.4) is 0 Å². The molecule has 0 spiro atoms. The van der Waals surface area contributed by atoms with Gasteiger partial charge in [-0.3, -0.25) is 4.90 Å². The van der Waals surface area contributed by atoms with Crippen molar-refractivity contribution in [3.63, 3.8) is 0 Å². The summed E-state index contributed by atoms with van der Waals surface area (Å²) in [7, 11) is -4.86. The molecule has 0 aliphatic carbocycles. The smallest absolute Gasteiger partial charge is 0.746 e. The minimum absolute atomic E-state index is 0. The number of rotatable bonds is 4. The number of ether oxygens (including phenoxy) is 1.